The Kier molecular flexibility index (Phi) is 5.37. The normalized spacial score (nSPS) is 19.1. The molecule has 4 rings (SSSR count). The molecule has 0 aliphatic carbocycles. The number of nitrogens with zero attached hydrogens (tertiary/aromatic N) is 1. The summed E-state index contributed by atoms with van der Waals surface area (Å²) in [5.41, 5.74) is 4.97. The van der Waals surface area contributed by atoms with E-state index >= 15 is 0 Å². The molecule has 0 saturated heterocycles. The van der Waals surface area contributed by atoms with Crippen LogP contribution >= 0.6 is 0 Å². The van der Waals surface area contributed by atoms with Gasteiger partial charge in [0.05, 0.1) is 25.3 Å². The lowest BCUT2D eigenvalue weighted by Crippen LogP contribution is -2.28. The van der Waals surface area contributed by atoms with E-state index in [4.69, 9.17) is 4.74 Å². The van der Waals surface area contributed by atoms with Crippen LogP contribution in [0, 0.1) is 5.92 Å². The first kappa shape index (κ1) is 19.8. The Morgan fingerprint density at radius 2 is 2.10 bits per heavy atom. The van der Waals surface area contributed by atoms with Gasteiger partial charge in [0.2, 0.25) is 0 Å². The van der Waals surface area contributed by atoms with E-state index in [-0.39, 0.29) is 5.91 Å². The van der Waals surface area contributed by atoms with E-state index in [0.29, 0.717) is 24.5 Å². The average Bonchev–Trinajstić information content (AvgIpc) is 3.29. The summed E-state index contributed by atoms with van der Waals surface area (Å²) in [7, 11) is 1.28. The largest absolute Gasteiger partial charge is 0.487 e. The number of aliphatic hydroxyl groups excluding tert-OH is 1. The molecule has 2 aromatic carbocycles. The fourth-order valence-corrected chi connectivity index (χ4v) is 3.65. The molecule has 0 fully saturated rings. The molecule has 2 aliphatic heterocycles. The van der Waals surface area contributed by atoms with Crippen molar-refractivity contribution in [3.05, 3.63) is 64.7 Å². The maximum atomic E-state index is 12.5. The number of aliphatic hydroxyl groups is 1. The molecule has 2 atom stereocenters. The number of ether oxygens (including phenoxy) is 2. The maximum Gasteiger partial charge on any atom is 0.316 e. The molecule has 0 bridgehead atoms. The predicted molar refractivity (Wildman–Crippen MR) is 112 cm³/mol. The number of anilines is 1. The molecular formula is C23H22N2O5. The van der Waals surface area contributed by atoms with Gasteiger partial charge in [0.1, 0.15) is 18.3 Å². The minimum absolute atomic E-state index is 0.167. The molecule has 0 spiro atoms. The van der Waals surface area contributed by atoms with Gasteiger partial charge in [-0.05, 0) is 24.6 Å². The molecule has 2 aromatic rings. The quantitative estimate of drug-likeness (QED) is 0.452. The number of benzene rings is 2. The highest BCUT2D eigenvalue weighted by Crippen LogP contribution is 2.41. The molecule has 1 amide bonds. The van der Waals surface area contributed by atoms with Gasteiger partial charge in [-0.3, -0.25) is 14.6 Å². The Hall–Kier alpha value is -3.45. The van der Waals surface area contributed by atoms with Gasteiger partial charge in [0.25, 0.3) is 5.91 Å². The number of esters is 1. The number of aliphatic imine (C=N–C) groups is 1. The van der Waals surface area contributed by atoms with E-state index in [1.165, 1.54) is 20.2 Å². The highest BCUT2D eigenvalue weighted by Gasteiger charge is 2.32. The van der Waals surface area contributed by atoms with Gasteiger partial charge in [-0.1, -0.05) is 30.3 Å². The summed E-state index contributed by atoms with van der Waals surface area (Å²) in [5, 5.41) is 12.6. The van der Waals surface area contributed by atoms with Crippen LogP contribution in [0.25, 0.3) is 11.3 Å². The van der Waals surface area contributed by atoms with Crippen molar-refractivity contribution in [3.8, 4) is 0 Å². The highest BCUT2D eigenvalue weighted by molar-refractivity contribution is 6.36. The number of carbonyl (C=O) groups is 2. The second-order valence-electron chi connectivity index (χ2n) is 7.26. The van der Waals surface area contributed by atoms with Gasteiger partial charge in [0, 0.05) is 28.6 Å². The SMILES string of the molecule is COC(=O)C(C=NCc1ccc2c(c1)COC2=C1C(=O)Nc2ccccc21)C(C)O. The zero-order valence-corrected chi connectivity index (χ0v) is 16.7. The molecule has 7 nitrogen and oxygen atoms in total. The van der Waals surface area contributed by atoms with Crippen LogP contribution < -0.4 is 5.32 Å². The zero-order chi connectivity index (χ0) is 21.3. The third kappa shape index (κ3) is 3.59. The Balaban J connectivity index is 1.57. The molecule has 0 saturated carbocycles. The minimum atomic E-state index is -0.885. The highest BCUT2D eigenvalue weighted by atomic mass is 16.5. The van der Waals surface area contributed by atoms with Crippen LogP contribution in [0.3, 0.4) is 0 Å². The summed E-state index contributed by atoms with van der Waals surface area (Å²) in [6.45, 7) is 2.25. The van der Waals surface area contributed by atoms with E-state index in [9.17, 15) is 14.7 Å². The number of nitrogens with one attached hydrogen (secondary N) is 1. The van der Waals surface area contributed by atoms with Gasteiger partial charge in [0.15, 0.2) is 0 Å². The summed E-state index contributed by atoms with van der Waals surface area (Å²) in [4.78, 5) is 28.5. The first-order chi connectivity index (χ1) is 14.5. The van der Waals surface area contributed by atoms with Gasteiger partial charge in [-0.25, -0.2) is 0 Å². The van der Waals surface area contributed by atoms with Crippen LogP contribution in [-0.2, 0) is 32.2 Å². The summed E-state index contributed by atoms with van der Waals surface area (Å²) < 4.78 is 10.6. The maximum absolute atomic E-state index is 12.5. The van der Waals surface area contributed by atoms with Crippen LogP contribution in [0.1, 0.15) is 29.2 Å². The molecule has 0 radical (unpaired) electrons. The minimum Gasteiger partial charge on any atom is -0.487 e. The van der Waals surface area contributed by atoms with Crippen LogP contribution in [0.4, 0.5) is 5.69 Å². The third-order valence-electron chi connectivity index (χ3n) is 5.22. The summed E-state index contributed by atoms with van der Waals surface area (Å²) >= 11 is 0. The molecule has 0 aromatic heterocycles. The lowest BCUT2D eigenvalue weighted by atomic mass is 9.99. The fourth-order valence-electron chi connectivity index (χ4n) is 3.65. The summed E-state index contributed by atoms with van der Waals surface area (Å²) in [6.07, 6.45) is 0.539. The first-order valence-electron chi connectivity index (χ1n) is 9.65. The monoisotopic (exact) mass is 406 g/mol. The molecule has 7 heteroatoms. The van der Waals surface area contributed by atoms with Crippen molar-refractivity contribution in [3.63, 3.8) is 0 Å². The molecule has 154 valence electrons. The fraction of sp³-hybridized carbons (Fsp3) is 0.261. The Labute approximate surface area is 174 Å². The molecule has 30 heavy (non-hydrogen) atoms. The number of para-hydroxylation sites is 1. The van der Waals surface area contributed by atoms with Crippen LogP contribution in [0.2, 0.25) is 0 Å². The number of amides is 1. The third-order valence-corrected chi connectivity index (χ3v) is 5.22. The lowest BCUT2D eigenvalue weighted by Gasteiger charge is -2.12. The van der Waals surface area contributed by atoms with Crippen LogP contribution in [0.5, 0.6) is 0 Å². The summed E-state index contributed by atoms with van der Waals surface area (Å²) in [6, 6.07) is 13.4. The molecule has 2 aliphatic rings. The Morgan fingerprint density at radius 3 is 2.87 bits per heavy atom. The van der Waals surface area contributed by atoms with E-state index in [1.54, 1.807) is 0 Å². The van der Waals surface area contributed by atoms with E-state index in [0.717, 1.165) is 27.9 Å². The van der Waals surface area contributed by atoms with Crippen molar-refractivity contribution in [2.24, 2.45) is 10.9 Å². The number of hydrogen-bond acceptors (Lipinski definition) is 6. The molecule has 2 heterocycles. The molecule has 2 unspecified atom stereocenters. The molecular weight excluding hydrogens is 384 g/mol. The van der Waals surface area contributed by atoms with E-state index in [2.05, 4.69) is 15.0 Å². The van der Waals surface area contributed by atoms with Crippen molar-refractivity contribution < 1.29 is 24.2 Å². The van der Waals surface area contributed by atoms with Crippen molar-refractivity contribution in [2.75, 3.05) is 12.4 Å². The van der Waals surface area contributed by atoms with Crippen molar-refractivity contribution in [1.29, 1.82) is 0 Å². The Bertz CT molecular complexity index is 1070. The zero-order valence-electron chi connectivity index (χ0n) is 16.7. The topological polar surface area (TPSA) is 97.2 Å². The van der Waals surface area contributed by atoms with Crippen molar-refractivity contribution in [1.82, 2.24) is 0 Å². The first-order valence-corrected chi connectivity index (χ1v) is 9.65. The summed E-state index contributed by atoms with van der Waals surface area (Å²) in [5.74, 6) is -0.908. The number of rotatable bonds is 5. The second kappa shape index (κ2) is 8.12. The molecule has 2 N–H and O–H groups in total. The van der Waals surface area contributed by atoms with Gasteiger partial charge < -0.3 is 19.9 Å². The number of methoxy groups -OCH3 is 1. The number of fused-ring (bicyclic) bond motifs is 2. The number of carbonyl (C=O) groups excluding carboxylic acids is 2. The standard InChI is InChI=1S/C23H22N2O5/c1-13(26)18(23(28)29-2)11-24-10-14-7-8-16-15(9-14)12-30-21(16)20-17-5-3-4-6-19(17)25-22(20)27/h3-9,11,13,18,26H,10,12H2,1-2H3,(H,25,27). The van der Waals surface area contributed by atoms with Crippen LogP contribution in [0.15, 0.2) is 47.5 Å². The van der Waals surface area contributed by atoms with E-state index < -0.39 is 18.0 Å². The Morgan fingerprint density at radius 1 is 1.30 bits per heavy atom. The average molecular weight is 406 g/mol. The second-order valence-corrected chi connectivity index (χ2v) is 7.26. The predicted octanol–water partition coefficient (Wildman–Crippen LogP) is 2.78. The van der Waals surface area contributed by atoms with Gasteiger partial charge in [-0.15, -0.1) is 0 Å². The van der Waals surface area contributed by atoms with E-state index in [1.807, 2.05) is 42.5 Å². The lowest BCUT2D eigenvalue weighted by molar-refractivity contribution is -0.145. The number of hydrogen-bond donors (Lipinski definition) is 2. The van der Waals surface area contributed by atoms with Gasteiger partial charge >= 0.3 is 5.97 Å². The smallest absolute Gasteiger partial charge is 0.316 e. The van der Waals surface area contributed by atoms with Crippen LogP contribution in [-0.4, -0.2) is 36.4 Å². The van der Waals surface area contributed by atoms with Crippen molar-refractivity contribution in [2.45, 2.75) is 26.2 Å². The van der Waals surface area contributed by atoms with Crippen molar-refractivity contribution >= 4 is 35.1 Å². The van der Waals surface area contributed by atoms with Gasteiger partial charge in [-0.2, -0.15) is 0 Å².